The van der Waals surface area contributed by atoms with Gasteiger partial charge in [0.2, 0.25) is 5.91 Å². The Morgan fingerprint density at radius 1 is 0.818 bits per heavy atom. The van der Waals surface area contributed by atoms with E-state index in [4.69, 9.17) is 9.84 Å². The molecule has 1 heterocycles. The smallest absolute Gasteiger partial charge is 0.407 e. The maximum atomic E-state index is 12.3. The fourth-order valence-corrected chi connectivity index (χ4v) is 3.27. The third-order valence-electron chi connectivity index (χ3n) is 4.94. The Morgan fingerprint density at radius 3 is 2.15 bits per heavy atom. The van der Waals surface area contributed by atoms with Crippen molar-refractivity contribution in [3.05, 3.63) is 108 Å². The summed E-state index contributed by atoms with van der Waals surface area (Å²) in [5, 5.41) is 10.0. The van der Waals surface area contributed by atoms with Crippen LogP contribution in [0.1, 0.15) is 11.1 Å². The number of hydrogen-bond donors (Lipinski definition) is 2. The summed E-state index contributed by atoms with van der Waals surface area (Å²) in [6.45, 7) is 0.241. The summed E-state index contributed by atoms with van der Waals surface area (Å²) in [5.41, 5.74) is 4.41. The van der Waals surface area contributed by atoms with Gasteiger partial charge in [-0.3, -0.25) is 4.79 Å². The van der Waals surface area contributed by atoms with Gasteiger partial charge in [-0.2, -0.15) is 5.10 Å². The van der Waals surface area contributed by atoms with Crippen molar-refractivity contribution in [2.45, 2.75) is 13.2 Å². The first-order valence-corrected chi connectivity index (χ1v) is 10.6. The van der Waals surface area contributed by atoms with Crippen LogP contribution in [0.15, 0.2) is 97.2 Å². The summed E-state index contributed by atoms with van der Waals surface area (Å²) < 4.78 is 6.92. The average Bonchev–Trinajstić information content (AvgIpc) is 3.31. The lowest BCUT2D eigenvalue weighted by Crippen LogP contribution is -2.36. The van der Waals surface area contributed by atoms with Crippen LogP contribution in [0, 0.1) is 0 Å². The summed E-state index contributed by atoms with van der Waals surface area (Å²) in [6, 6.07) is 28.9. The van der Waals surface area contributed by atoms with E-state index in [1.54, 1.807) is 4.68 Å². The lowest BCUT2D eigenvalue weighted by molar-refractivity contribution is -0.120. The van der Waals surface area contributed by atoms with Crippen LogP contribution in [-0.2, 0) is 22.7 Å². The van der Waals surface area contributed by atoms with E-state index in [2.05, 4.69) is 10.6 Å². The molecule has 0 aliphatic heterocycles. The molecule has 3 aromatic carbocycles. The molecule has 7 heteroatoms. The number of para-hydroxylation sites is 1. The van der Waals surface area contributed by atoms with Crippen molar-refractivity contribution in [2.24, 2.45) is 0 Å². The molecule has 0 atom stereocenters. The maximum absolute atomic E-state index is 12.3. The highest BCUT2D eigenvalue weighted by Gasteiger charge is 2.14. The van der Waals surface area contributed by atoms with Crippen LogP contribution in [0.5, 0.6) is 0 Å². The van der Waals surface area contributed by atoms with E-state index < -0.39 is 6.09 Å². The van der Waals surface area contributed by atoms with Crippen LogP contribution in [0.3, 0.4) is 0 Å². The van der Waals surface area contributed by atoms with E-state index in [-0.39, 0.29) is 25.6 Å². The second kappa shape index (κ2) is 10.8. The van der Waals surface area contributed by atoms with Crippen LogP contribution in [0.4, 0.5) is 4.79 Å². The number of benzene rings is 3. The number of nitrogens with one attached hydrogen (secondary N) is 2. The van der Waals surface area contributed by atoms with E-state index in [9.17, 15) is 9.59 Å². The van der Waals surface area contributed by atoms with Gasteiger partial charge in [0, 0.05) is 23.9 Å². The molecule has 33 heavy (non-hydrogen) atoms. The molecule has 0 saturated heterocycles. The van der Waals surface area contributed by atoms with Crippen molar-refractivity contribution in [3.63, 3.8) is 0 Å². The van der Waals surface area contributed by atoms with Gasteiger partial charge in [-0.15, -0.1) is 0 Å². The molecule has 0 spiro atoms. The van der Waals surface area contributed by atoms with E-state index in [1.807, 2.05) is 97.2 Å². The molecule has 0 fully saturated rings. The van der Waals surface area contributed by atoms with Gasteiger partial charge in [-0.05, 0) is 17.7 Å². The highest BCUT2D eigenvalue weighted by molar-refractivity contribution is 5.82. The first-order chi connectivity index (χ1) is 16.2. The molecule has 4 aromatic rings. The number of rotatable bonds is 8. The zero-order valence-electron chi connectivity index (χ0n) is 18.0. The number of hydrogen-bond acceptors (Lipinski definition) is 4. The van der Waals surface area contributed by atoms with Crippen molar-refractivity contribution < 1.29 is 14.3 Å². The largest absolute Gasteiger partial charge is 0.445 e. The van der Waals surface area contributed by atoms with Gasteiger partial charge in [0.25, 0.3) is 0 Å². The summed E-state index contributed by atoms with van der Waals surface area (Å²) in [4.78, 5) is 24.2. The molecule has 7 nitrogen and oxygen atoms in total. The van der Waals surface area contributed by atoms with Gasteiger partial charge in [-0.25, -0.2) is 9.48 Å². The topological polar surface area (TPSA) is 85.3 Å². The van der Waals surface area contributed by atoms with Crippen LogP contribution in [-0.4, -0.2) is 28.3 Å². The molecular formula is C26H24N4O3. The fraction of sp³-hybridized carbons (Fsp3) is 0.115. The zero-order chi connectivity index (χ0) is 22.9. The maximum Gasteiger partial charge on any atom is 0.407 e. The number of carbonyl (C=O) groups excluding carboxylic acids is 2. The van der Waals surface area contributed by atoms with Crippen molar-refractivity contribution >= 4 is 12.0 Å². The molecule has 0 unspecified atom stereocenters. The number of ether oxygens (including phenoxy) is 1. The Bertz CT molecular complexity index is 1190. The van der Waals surface area contributed by atoms with E-state index >= 15 is 0 Å². The predicted octanol–water partition coefficient (Wildman–Crippen LogP) is 4.08. The molecule has 166 valence electrons. The minimum absolute atomic E-state index is 0.146. The molecule has 0 aliphatic rings. The van der Waals surface area contributed by atoms with Gasteiger partial charge in [0.05, 0.1) is 11.4 Å². The Kier molecular flexibility index (Phi) is 7.12. The Balaban J connectivity index is 1.35. The molecular weight excluding hydrogens is 416 g/mol. The van der Waals surface area contributed by atoms with Gasteiger partial charge in [0.1, 0.15) is 13.2 Å². The monoisotopic (exact) mass is 440 g/mol. The Labute approximate surface area is 192 Å². The first kappa shape index (κ1) is 21.8. The Hall–Kier alpha value is -4.39. The molecule has 0 bridgehead atoms. The highest BCUT2D eigenvalue weighted by Crippen LogP contribution is 2.23. The number of carbonyl (C=O) groups is 2. The number of nitrogens with zero attached hydrogens (tertiary/aromatic N) is 2. The van der Waals surface area contributed by atoms with E-state index in [0.717, 1.165) is 28.1 Å². The van der Waals surface area contributed by atoms with Crippen LogP contribution in [0.25, 0.3) is 16.9 Å². The molecule has 1 aromatic heterocycles. The number of aromatic nitrogens is 2. The summed E-state index contributed by atoms with van der Waals surface area (Å²) in [5.74, 6) is -0.321. The van der Waals surface area contributed by atoms with E-state index in [1.165, 1.54) is 0 Å². The SMILES string of the molecule is O=C(CNC(=O)OCc1ccccc1)NCc1cn(-c2ccccc2)nc1-c1ccccc1. The normalized spacial score (nSPS) is 10.4. The summed E-state index contributed by atoms with van der Waals surface area (Å²) in [7, 11) is 0. The van der Waals surface area contributed by atoms with Gasteiger partial charge in [-0.1, -0.05) is 78.9 Å². The quantitative estimate of drug-likeness (QED) is 0.432. The van der Waals surface area contributed by atoms with Crippen molar-refractivity contribution in [3.8, 4) is 16.9 Å². The van der Waals surface area contributed by atoms with Crippen LogP contribution in [0.2, 0.25) is 0 Å². The van der Waals surface area contributed by atoms with Crippen molar-refractivity contribution in [1.29, 1.82) is 0 Å². The zero-order valence-corrected chi connectivity index (χ0v) is 18.0. The second-order valence-electron chi connectivity index (χ2n) is 7.34. The lowest BCUT2D eigenvalue weighted by atomic mass is 10.1. The van der Waals surface area contributed by atoms with Gasteiger partial charge in [0.15, 0.2) is 0 Å². The third kappa shape index (κ3) is 6.07. The van der Waals surface area contributed by atoms with Gasteiger partial charge >= 0.3 is 6.09 Å². The van der Waals surface area contributed by atoms with Crippen molar-refractivity contribution in [2.75, 3.05) is 6.54 Å². The first-order valence-electron chi connectivity index (χ1n) is 10.6. The minimum Gasteiger partial charge on any atom is -0.445 e. The molecule has 4 rings (SSSR count). The molecule has 0 aliphatic carbocycles. The number of alkyl carbamates (subject to hydrolysis) is 1. The van der Waals surface area contributed by atoms with Gasteiger partial charge < -0.3 is 15.4 Å². The average molecular weight is 441 g/mol. The molecule has 2 N–H and O–H groups in total. The number of amides is 2. The summed E-state index contributed by atoms with van der Waals surface area (Å²) >= 11 is 0. The highest BCUT2D eigenvalue weighted by atomic mass is 16.5. The molecule has 0 saturated carbocycles. The third-order valence-corrected chi connectivity index (χ3v) is 4.94. The summed E-state index contributed by atoms with van der Waals surface area (Å²) in [6.07, 6.45) is 1.26. The van der Waals surface area contributed by atoms with Crippen LogP contribution >= 0.6 is 0 Å². The minimum atomic E-state index is -0.643. The van der Waals surface area contributed by atoms with E-state index in [0.29, 0.717) is 0 Å². The second-order valence-corrected chi connectivity index (χ2v) is 7.34. The lowest BCUT2D eigenvalue weighted by Gasteiger charge is -2.08. The Morgan fingerprint density at radius 2 is 1.45 bits per heavy atom. The van der Waals surface area contributed by atoms with Crippen molar-refractivity contribution in [1.82, 2.24) is 20.4 Å². The fourth-order valence-electron chi connectivity index (χ4n) is 3.27. The predicted molar refractivity (Wildman–Crippen MR) is 125 cm³/mol. The standard InChI is InChI=1S/C26H24N4O3/c31-24(17-28-26(32)33-19-20-10-4-1-5-11-20)27-16-22-18-30(23-14-8-3-9-15-23)29-25(22)21-12-6-2-7-13-21/h1-15,18H,16-17,19H2,(H,27,31)(H,28,32). The molecule has 2 amide bonds. The molecule has 0 radical (unpaired) electrons. The van der Waals surface area contributed by atoms with Crippen LogP contribution < -0.4 is 10.6 Å².